The lowest BCUT2D eigenvalue weighted by Gasteiger charge is -2.26. The van der Waals surface area contributed by atoms with Gasteiger partial charge in [-0.1, -0.05) is 18.2 Å². The first-order chi connectivity index (χ1) is 14.8. The summed E-state index contributed by atoms with van der Waals surface area (Å²) < 4.78 is 19.7. The maximum absolute atomic E-state index is 13.8. The highest BCUT2D eigenvalue weighted by atomic mass is 19.1. The summed E-state index contributed by atoms with van der Waals surface area (Å²) in [5, 5.41) is 9.80. The lowest BCUT2D eigenvalue weighted by atomic mass is 9.98. The second kappa shape index (κ2) is 6.80. The van der Waals surface area contributed by atoms with Crippen molar-refractivity contribution >= 4 is 22.6 Å². The van der Waals surface area contributed by atoms with Gasteiger partial charge in [-0.2, -0.15) is 0 Å². The standard InChI is InChI=1S/C25H18FNO4/c1-13-3-7-17(11-14(13)2)27-22(15-4-8-18(28)9-5-15)21-23(29)19-12-16(26)6-10-20(19)31-24(21)25(27)30/h3-12,22,28H,1-2H3. The topological polar surface area (TPSA) is 70.8 Å². The van der Waals surface area contributed by atoms with Crippen LogP contribution in [0.1, 0.15) is 38.9 Å². The van der Waals surface area contributed by atoms with E-state index in [9.17, 15) is 19.1 Å². The van der Waals surface area contributed by atoms with Crippen LogP contribution in [0.25, 0.3) is 11.0 Å². The van der Waals surface area contributed by atoms with Gasteiger partial charge in [0.05, 0.1) is 17.0 Å². The molecular formula is C25H18FNO4. The molecule has 1 unspecified atom stereocenters. The molecule has 154 valence electrons. The van der Waals surface area contributed by atoms with E-state index in [1.807, 2.05) is 32.0 Å². The van der Waals surface area contributed by atoms with Crippen LogP contribution in [-0.2, 0) is 0 Å². The predicted octanol–water partition coefficient (Wildman–Crippen LogP) is 5.00. The number of hydrogen-bond acceptors (Lipinski definition) is 4. The Morgan fingerprint density at radius 2 is 1.68 bits per heavy atom. The van der Waals surface area contributed by atoms with Gasteiger partial charge in [0.1, 0.15) is 17.1 Å². The van der Waals surface area contributed by atoms with Gasteiger partial charge in [0.2, 0.25) is 5.76 Å². The minimum atomic E-state index is -0.769. The molecule has 0 radical (unpaired) electrons. The number of fused-ring (bicyclic) bond motifs is 2. The summed E-state index contributed by atoms with van der Waals surface area (Å²) in [6, 6.07) is 14.8. The highest BCUT2D eigenvalue weighted by Crippen LogP contribution is 2.41. The van der Waals surface area contributed by atoms with E-state index in [1.54, 1.807) is 12.1 Å². The SMILES string of the molecule is Cc1ccc(N2C(=O)c3oc4ccc(F)cc4c(=O)c3C2c2ccc(O)cc2)cc1C. The first kappa shape index (κ1) is 19.1. The van der Waals surface area contributed by atoms with Crippen molar-refractivity contribution in [1.82, 2.24) is 0 Å². The van der Waals surface area contributed by atoms with Gasteiger partial charge in [-0.15, -0.1) is 0 Å². The van der Waals surface area contributed by atoms with Crippen molar-refractivity contribution < 1.29 is 18.7 Å². The molecule has 0 saturated heterocycles. The van der Waals surface area contributed by atoms with Gasteiger partial charge in [-0.3, -0.25) is 14.5 Å². The van der Waals surface area contributed by atoms with Crippen molar-refractivity contribution in [1.29, 1.82) is 0 Å². The number of halogens is 1. The quantitative estimate of drug-likeness (QED) is 0.500. The molecule has 4 aromatic rings. The highest BCUT2D eigenvalue weighted by molar-refractivity contribution is 6.10. The minimum absolute atomic E-state index is 0.0552. The van der Waals surface area contributed by atoms with Crippen LogP contribution in [0.15, 0.2) is 69.9 Å². The smallest absolute Gasteiger partial charge is 0.295 e. The Kier molecular flexibility index (Phi) is 4.18. The lowest BCUT2D eigenvalue weighted by Crippen LogP contribution is -2.29. The third-order valence-electron chi connectivity index (χ3n) is 5.81. The van der Waals surface area contributed by atoms with Crippen LogP contribution in [0.2, 0.25) is 0 Å². The molecule has 1 amide bonds. The van der Waals surface area contributed by atoms with Gasteiger partial charge < -0.3 is 9.52 Å². The highest BCUT2D eigenvalue weighted by Gasteiger charge is 2.43. The normalized spacial score (nSPS) is 15.5. The average molecular weight is 415 g/mol. The molecule has 1 aliphatic rings. The Bertz CT molecular complexity index is 1420. The number of anilines is 1. The van der Waals surface area contributed by atoms with E-state index < -0.39 is 23.2 Å². The van der Waals surface area contributed by atoms with Gasteiger partial charge in [-0.25, -0.2) is 4.39 Å². The molecule has 1 aliphatic heterocycles. The van der Waals surface area contributed by atoms with Crippen LogP contribution in [-0.4, -0.2) is 11.0 Å². The predicted molar refractivity (Wildman–Crippen MR) is 115 cm³/mol. The van der Waals surface area contributed by atoms with Crippen LogP contribution in [0.3, 0.4) is 0 Å². The zero-order chi connectivity index (χ0) is 21.9. The number of phenolic OH excluding ortho intramolecular Hbond substituents is 1. The lowest BCUT2D eigenvalue weighted by molar-refractivity contribution is 0.0971. The molecular weight excluding hydrogens is 397 g/mol. The summed E-state index contributed by atoms with van der Waals surface area (Å²) >= 11 is 0. The number of hydrogen-bond donors (Lipinski definition) is 1. The summed E-state index contributed by atoms with van der Waals surface area (Å²) in [4.78, 5) is 28.4. The molecule has 5 rings (SSSR count). The molecule has 5 nitrogen and oxygen atoms in total. The van der Waals surface area contributed by atoms with E-state index in [4.69, 9.17) is 4.42 Å². The molecule has 0 saturated carbocycles. The third kappa shape index (κ3) is 2.91. The molecule has 2 heterocycles. The van der Waals surface area contributed by atoms with E-state index in [2.05, 4.69) is 0 Å². The van der Waals surface area contributed by atoms with Crippen LogP contribution >= 0.6 is 0 Å². The molecule has 1 atom stereocenters. The summed E-state index contributed by atoms with van der Waals surface area (Å²) in [5.41, 5.74) is 3.19. The number of rotatable bonds is 2. The Balaban J connectivity index is 1.82. The Labute approximate surface area is 177 Å². The van der Waals surface area contributed by atoms with Crippen molar-refractivity contribution in [2.24, 2.45) is 0 Å². The molecule has 0 spiro atoms. The number of amides is 1. The van der Waals surface area contributed by atoms with E-state index in [0.717, 1.165) is 17.2 Å². The monoisotopic (exact) mass is 415 g/mol. The van der Waals surface area contributed by atoms with Crippen molar-refractivity contribution in [2.45, 2.75) is 19.9 Å². The van der Waals surface area contributed by atoms with Crippen molar-refractivity contribution in [3.63, 3.8) is 0 Å². The van der Waals surface area contributed by atoms with Crippen molar-refractivity contribution in [3.8, 4) is 5.75 Å². The number of aryl methyl sites for hydroxylation is 2. The van der Waals surface area contributed by atoms with Crippen LogP contribution < -0.4 is 10.3 Å². The van der Waals surface area contributed by atoms with Gasteiger partial charge in [0.25, 0.3) is 5.91 Å². The van der Waals surface area contributed by atoms with Gasteiger partial charge in [0, 0.05) is 5.69 Å². The van der Waals surface area contributed by atoms with Crippen LogP contribution in [0.4, 0.5) is 10.1 Å². The average Bonchev–Trinajstić information content (AvgIpc) is 3.04. The van der Waals surface area contributed by atoms with E-state index in [-0.39, 0.29) is 28.0 Å². The van der Waals surface area contributed by atoms with Gasteiger partial charge in [0.15, 0.2) is 5.43 Å². The Morgan fingerprint density at radius 3 is 2.39 bits per heavy atom. The summed E-state index contributed by atoms with van der Waals surface area (Å²) in [5.74, 6) is -0.991. The van der Waals surface area contributed by atoms with E-state index in [1.165, 1.54) is 29.2 Å². The number of carbonyl (C=O) groups excluding carboxylic acids is 1. The van der Waals surface area contributed by atoms with Crippen molar-refractivity contribution in [3.05, 3.63) is 105 Å². The number of aromatic hydroxyl groups is 1. The minimum Gasteiger partial charge on any atom is -0.508 e. The van der Waals surface area contributed by atoms with Gasteiger partial charge in [-0.05, 0) is 73.0 Å². The molecule has 0 fully saturated rings. The fourth-order valence-corrected chi connectivity index (χ4v) is 4.06. The zero-order valence-corrected chi connectivity index (χ0v) is 16.8. The number of benzene rings is 3. The van der Waals surface area contributed by atoms with Crippen LogP contribution in [0, 0.1) is 19.7 Å². The first-order valence-corrected chi connectivity index (χ1v) is 9.81. The number of phenols is 1. The molecule has 0 bridgehead atoms. The Hall–Kier alpha value is -3.93. The molecule has 0 aliphatic carbocycles. The second-order valence-electron chi connectivity index (χ2n) is 7.75. The Morgan fingerprint density at radius 1 is 0.935 bits per heavy atom. The maximum atomic E-state index is 13.8. The number of nitrogens with zero attached hydrogens (tertiary/aromatic N) is 1. The number of carbonyl (C=O) groups is 1. The molecule has 31 heavy (non-hydrogen) atoms. The molecule has 3 aromatic carbocycles. The van der Waals surface area contributed by atoms with E-state index >= 15 is 0 Å². The van der Waals surface area contributed by atoms with Gasteiger partial charge >= 0.3 is 0 Å². The zero-order valence-electron chi connectivity index (χ0n) is 16.8. The molecule has 1 aromatic heterocycles. The summed E-state index contributed by atoms with van der Waals surface area (Å²) in [7, 11) is 0. The first-order valence-electron chi connectivity index (χ1n) is 9.81. The molecule has 1 N–H and O–H groups in total. The second-order valence-corrected chi connectivity index (χ2v) is 7.75. The fraction of sp³-hybridized carbons (Fsp3) is 0.120. The summed E-state index contributed by atoms with van der Waals surface area (Å²) in [6.07, 6.45) is 0. The molecule has 6 heteroatoms. The summed E-state index contributed by atoms with van der Waals surface area (Å²) in [6.45, 7) is 3.92. The van der Waals surface area contributed by atoms with E-state index in [0.29, 0.717) is 11.3 Å². The van der Waals surface area contributed by atoms with Crippen molar-refractivity contribution in [2.75, 3.05) is 4.90 Å². The van der Waals surface area contributed by atoms with Crippen LogP contribution in [0.5, 0.6) is 5.75 Å². The largest absolute Gasteiger partial charge is 0.508 e. The fourth-order valence-electron chi connectivity index (χ4n) is 4.06. The maximum Gasteiger partial charge on any atom is 0.295 e. The third-order valence-corrected chi connectivity index (χ3v) is 5.81.